The van der Waals surface area contributed by atoms with Gasteiger partial charge >= 0.3 is 0 Å². The number of benzene rings is 1. The van der Waals surface area contributed by atoms with Crippen molar-refractivity contribution in [1.82, 2.24) is 5.32 Å². The summed E-state index contributed by atoms with van der Waals surface area (Å²) in [5, 5.41) is 3.48. The smallest absolute Gasteiger partial charge is 0.0623 e. The van der Waals surface area contributed by atoms with E-state index in [1.165, 1.54) is 11.1 Å². The van der Waals surface area contributed by atoms with Gasteiger partial charge in [-0.1, -0.05) is 38.1 Å². The molecule has 0 aliphatic carbocycles. The summed E-state index contributed by atoms with van der Waals surface area (Å²) in [5.41, 5.74) is 2.81. The Kier molecular flexibility index (Phi) is 3.97. The van der Waals surface area contributed by atoms with Crippen LogP contribution in [0, 0.1) is 0 Å². The summed E-state index contributed by atoms with van der Waals surface area (Å²) in [7, 11) is 0. The molecule has 0 spiro atoms. The Bertz CT molecular complexity index is 312. The van der Waals surface area contributed by atoms with E-state index in [-0.39, 0.29) is 0 Å². The van der Waals surface area contributed by atoms with Gasteiger partial charge < -0.3 is 10.1 Å². The Hall–Kier alpha value is -0.860. The highest BCUT2D eigenvalue weighted by atomic mass is 16.5. The van der Waals surface area contributed by atoms with Crippen LogP contribution in [0.4, 0.5) is 0 Å². The lowest BCUT2D eigenvalue weighted by atomic mass is 9.99. The first-order chi connectivity index (χ1) is 7.75. The van der Waals surface area contributed by atoms with E-state index in [0.29, 0.717) is 12.0 Å². The summed E-state index contributed by atoms with van der Waals surface area (Å²) in [6.45, 7) is 7.13. The van der Waals surface area contributed by atoms with E-state index in [1.54, 1.807) is 0 Å². The van der Waals surface area contributed by atoms with Crippen LogP contribution in [0.25, 0.3) is 0 Å². The Balaban J connectivity index is 1.93. The van der Waals surface area contributed by atoms with E-state index in [1.807, 2.05) is 0 Å². The van der Waals surface area contributed by atoms with E-state index in [4.69, 9.17) is 4.74 Å². The standard InChI is InChI=1S/C14H21NO/c1-11(2)13-5-3-12(4-6-13)9-14-10-16-8-7-15-14/h3-6,11,14-15H,7-10H2,1-2H3. The van der Waals surface area contributed by atoms with Crippen LogP contribution in [0.3, 0.4) is 0 Å². The zero-order valence-corrected chi connectivity index (χ0v) is 10.2. The van der Waals surface area contributed by atoms with Crippen molar-refractivity contribution < 1.29 is 4.74 Å². The van der Waals surface area contributed by atoms with Gasteiger partial charge in [-0.05, 0) is 23.5 Å². The molecule has 2 heteroatoms. The van der Waals surface area contributed by atoms with Crippen molar-refractivity contribution in [2.75, 3.05) is 19.8 Å². The summed E-state index contributed by atoms with van der Waals surface area (Å²) < 4.78 is 5.45. The van der Waals surface area contributed by atoms with Gasteiger partial charge in [-0.2, -0.15) is 0 Å². The topological polar surface area (TPSA) is 21.3 Å². The largest absolute Gasteiger partial charge is 0.379 e. The third-order valence-corrected chi connectivity index (χ3v) is 3.13. The average molecular weight is 219 g/mol. The molecule has 1 fully saturated rings. The summed E-state index contributed by atoms with van der Waals surface area (Å²) in [6, 6.07) is 9.45. The maximum atomic E-state index is 5.45. The molecule has 1 heterocycles. The van der Waals surface area contributed by atoms with Crippen LogP contribution in [0.2, 0.25) is 0 Å². The van der Waals surface area contributed by atoms with Crippen LogP contribution < -0.4 is 5.32 Å². The van der Waals surface area contributed by atoms with E-state index in [9.17, 15) is 0 Å². The Morgan fingerprint density at radius 2 is 2.06 bits per heavy atom. The van der Waals surface area contributed by atoms with Crippen molar-refractivity contribution in [1.29, 1.82) is 0 Å². The van der Waals surface area contributed by atoms with E-state index in [2.05, 4.69) is 43.4 Å². The minimum absolute atomic E-state index is 0.485. The number of hydrogen-bond acceptors (Lipinski definition) is 2. The van der Waals surface area contributed by atoms with Gasteiger partial charge in [0.15, 0.2) is 0 Å². The van der Waals surface area contributed by atoms with Crippen molar-refractivity contribution >= 4 is 0 Å². The van der Waals surface area contributed by atoms with Crippen LogP contribution in [0.1, 0.15) is 30.9 Å². The van der Waals surface area contributed by atoms with Gasteiger partial charge in [0.1, 0.15) is 0 Å². The van der Waals surface area contributed by atoms with Crippen LogP contribution in [0.15, 0.2) is 24.3 Å². The fourth-order valence-corrected chi connectivity index (χ4v) is 2.07. The predicted molar refractivity (Wildman–Crippen MR) is 66.8 cm³/mol. The van der Waals surface area contributed by atoms with Gasteiger partial charge in [0, 0.05) is 12.6 Å². The SMILES string of the molecule is CC(C)c1ccc(CC2COCCN2)cc1. The highest BCUT2D eigenvalue weighted by molar-refractivity contribution is 5.25. The van der Waals surface area contributed by atoms with E-state index < -0.39 is 0 Å². The monoisotopic (exact) mass is 219 g/mol. The second-order valence-corrected chi connectivity index (χ2v) is 4.83. The van der Waals surface area contributed by atoms with Crippen molar-refractivity contribution in [2.24, 2.45) is 0 Å². The zero-order chi connectivity index (χ0) is 11.4. The highest BCUT2D eigenvalue weighted by Gasteiger charge is 2.13. The van der Waals surface area contributed by atoms with Crippen LogP contribution >= 0.6 is 0 Å². The first-order valence-electron chi connectivity index (χ1n) is 6.15. The highest BCUT2D eigenvalue weighted by Crippen LogP contribution is 2.15. The molecule has 0 aromatic heterocycles. The molecular formula is C14H21NO. The second-order valence-electron chi connectivity index (χ2n) is 4.83. The number of nitrogens with one attached hydrogen (secondary N) is 1. The minimum atomic E-state index is 0.485. The molecular weight excluding hydrogens is 198 g/mol. The fourth-order valence-electron chi connectivity index (χ4n) is 2.07. The lowest BCUT2D eigenvalue weighted by Crippen LogP contribution is -2.42. The molecule has 1 saturated heterocycles. The van der Waals surface area contributed by atoms with Gasteiger partial charge in [-0.3, -0.25) is 0 Å². The molecule has 1 atom stereocenters. The molecule has 1 N–H and O–H groups in total. The number of morpholine rings is 1. The molecule has 2 nitrogen and oxygen atoms in total. The Morgan fingerprint density at radius 1 is 1.31 bits per heavy atom. The summed E-state index contributed by atoms with van der Waals surface area (Å²) in [6.07, 6.45) is 1.07. The Labute approximate surface area is 98.0 Å². The third kappa shape index (κ3) is 3.06. The second kappa shape index (κ2) is 5.46. The van der Waals surface area contributed by atoms with Crippen molar-refractivity contribution in [3.05, 3.63) is 35.4 Å². The quantitative estimate of drug-likeness (QED) is 0.842. The van der Waals surface area contributed by atoms with Crippen LogP contribution in [-0.2, 0) is 11.2 Å². The maximum Gasteiger partial charge on any atom is 0.0623 e. The fraction of sp³-hybridized carbons (Fsp3) is 0.571. The molecule has 1 unspecified atom stereocenters. The maximum absolute atomic E-state index is 5.45. The first-order valence-corrected chi connectivity index (χ1v) is 6.15. The molecule has 1 aromatic carbocycles. The molecule has 16 heavy (non-hydrogen) atoms. The molecule has 0 radical (unpaired) electrons. The summed E-state index contributed by atoms with van der Waals surface area (Å²) >= 11 is 0. The molecule has 1 aromatic rings. The number of rotatable bonds is 3. The number of hydrogen-bond donors (Lipinski definition) is 1. The van der Waals surface area contributed by atoms with Crippen LogP contribution in [0.5, 0.6) is 0 Å². The third-order valence-electron chi connectivity index (χ3n) is 3.13. The zero-order valence-electron chi connectivity index (χ0n) is 10.2. The van der Waals surface area contributed by atoms with Gasteiger partial charge in [-0.25, -0.2) is 0 Å². The molecule has 0 bridgehead atoms. The summed E-state index contributed by atoms with van der Waals surface area (Å²) in [4.78, 5) is 0. The lowest BCUT2D eigenvalue weighted by Gasteiger charge is -2.23. The molecule has 1 aliphatic heterocycles. The summed E-state index contributed by atoms with van der Waals surface area (Å²) in [5.74, 6) is 0.616. The van der Waals surface area contributed by atoms with Gasteiger partial charge in [-0.15, -0.1) is 0 Å². The first kappa shape index (κ1) is 11.6. The molecule has 88 valence electrons. The lowest BCUT2D eigenvalue weighted by molar-refractivity contribution is 0.0770. The van der Waals surface area contributed by atoms with Crippen LogP contribution in [-0.4, -0.2) is 25.8 Å². The molecule has 0 amide bonds. The van der Waals surface area contributed by atoms with E-state index >= 15 is 0 Å². The average Bonchev–Trinajstić information content (AvgIpc) is 2.31. The number of ether oxygens (including phenoxy) is 1. The minimum Gasteiger partial charge on any atom is -0.379 e. The van der Waals surface area contributed by atoms with Crippen molar-refractivity contribution in [3.63, 3.8) is 0 Å². The normalized spacial score (nSPS) is 21.3. The van der Waals surface area contributed by atoms with Gasteiger partial charge in [0.05, 0.1) is 13.2 Å². The predicted octanol–water partition coefficient (Wildman–Crippen LogP) is 2.34. The van der Waals surface area contributed by atoms with Gasteiger partial charge in [0.2, 0.25) is 0 Å². The molecule has 0 saturated carbocycles. The van der Waals surface area contributed by atoms with Crippen molar-refractivity contribution in [2.45, 2.75) is 32.2 Å². The Morgan fingerprint density at radius 3 is 2.62 bits per heavy atom. The molecule has 2 rings (SSSR count). The van der Waals surface area contributed by atoms with Gasteiger partial charge in [0.25, 0.3) is 0 Å². The van der Waals surface area contributed by atoms with Crippen molar-refractivity contribution in [3.8, 4) is 0 Å². The molecule has 1 aliphatic rings. The van der Waals surface area contributed by atoms with E-state index in [0.717, 1.165) is 26.2 Å².